The lowest BCUT2D eigenvalue weighted by molar-refractivity contribution is -0.121. The Balaban J connectivity index is 1.75. The van der Waals surface area contributed by atoms with E-state index in [0.717, 1.165) is 25.7 Å². The molecule has 6 nitrogen and oxygen atoms in total. The molecule has 25 heavy (non-hydrogen) atoms. The van der Waals surface area contributed by atoms with Crippen molar-refractivity contribution in [3.8, 4) is 11.3 Å². The Labute approximate surface area is 148 Å². The molecule has 3 aromatic heterocycles. The first-order valence-electron chi connectivity index (χ1n) is 8.51. The highest BCUT2D eigenvalue weighted by Crippen LogP contribution is 2.31. The number of carbonyl (C=O) groups excluding carboxylic acids is 1. The minimum atomic E-state index is -0.265. The van der Waals surface area contributed by atoms with E-state index in [1.807, 2.05) is 11.4 Å². The highest BCUT2D eigenvalue weighted by molar-refractivity contribution is 7.17. The summed E-state index contributed by atoms with van der Waals surface area (Å²) in [4.78, 5) is 30.7. The fourth-order valence-corrected chi connectivity index (χ4v) is 4.37. The molecule has 1 aliphatic carbocycles. The lowest BCUT2D eigenvalue weighted by Crippen LogP contribution is -2.38. The summed E-state index contributed by atoms with van der Waals surface area (Å²) in [6.07, 6.45) is 6.64. The molecule has 130 valence electrons. The van der Waals surface area contributed by atoms with Crippen LogP contribution in [0.25, 0.3) is 21.5 Å². The van der Waals surface area contributed by atoms with E-state index in [1.54, 1.807) is 19.3 Å². The Morgan fingerprint density at radius 2 is 2.16 bits per heavy atom. The Hall–Kier alpha value is -2.41. The van der Waals surface area contributed by atoms with Gasteiger partial charge in [-0.2, -0.15) is 0 Å². The second kappa shape index (κ2) is 6.48. The van der Waals surface area contributed by atoms with E-state index in [4.69, 9.17) is 4.42 Å². The van der Waals surface area contributed by atoms with Crippen LogP contribution in [-0.4, -0.2) is 15.6 Å². The maximum atomic E-state index is 13.0. The molecule has 0 aliphatic heterocycles. The molecule has 1 amide bonds. The Morgan fingerprint density at radius 1 is 1.36 bits per heavy atom. The average molecular weight is 357 g/mol. The molecule has 3 heterocycles. The van der Waals surface area contributed by atoms with Crippen molar-refractivity contribution < 1.29 is 9.21 Å². The number of hydrogen-bond acceptors (Lipinski definition) is 5. The molecule has 1 N–H and O–H groups in total. The molecule has 0 radical (unpaired) electrons. The molecule has 3 aromatic rings. The van der Waals surface area contributed by atoms with Gasteiger partial charge in [-0.05, 0) is 31.9 Å². The van der Waals surface area contributed by atoms with Gasteiger partial charge in [-0.1, -0.05) is 19.3 Å². The number of amides is 1. The van der Waals surface area contributed by atoms with Crippen LogP contribution >= 0.6 is 11.3 Å². The molecule has 0 aromatic carbocycles. The number of rotatable bonds is 3. The van der Waals surface area contributed by atoms with Crippen LogP contribution in [0.15, 0.2) is 33.0 Å². The summed E-state index contributed by atoms with van der Waals surface area (Å²) < 4.78 is 6.71. The quantitative estimate of drug-likeness (QED) is 0.776. The topological polar surface area (TPSA) is 77.1 Å². The molecule has 0 unspecified atom stereocenters. The minimum Gasteiger partial charge on any atom is -0.464 e. The number of hydrogen-bond donors (Lipinski definition) is 1. The molecule has 0 saturated heterocycles. The van der Waals surface area contributed by atoms with Crippen molar-refractivity contribution in [1.29, 1.82) is 0 Å². The maximum absolute atomic E-state index is 13.0. The van der Waals surface area contributed by atoms with E-state index in [0.29, 0.717) is 27.4 Å². The van der Waals surface area contributed by atoms with Crippen LogP contribution < -0.4 is 11.0 Å². The lowest BCUT2D eigenvalue weighted by Gasteiger charge is -2.21. The Bertz CT molecular complexity index is 966. The molecule has 0 atom stereocenters. The smallest absolute Gasteiger partial charge is 0.281 e. The summed E-state index contributed by atoms with van der Waals surface area (Å²) in [5.74, 6) is 0.984. The van der Waals surface area contributed by atoms with Gasteiger partial charge in [0, 0.05) is 16.9 Å². The summed E-state index contributed by atoms with van der Waals surface area (Å²) in [7, 11) is 0. The fourth-order valence-electron chi connectivity index (χ4n) is 3.40. The number of aromatic nitrogens is 2. The van der Waals surface area contributed by atoms with Crippen molar-refractivity contribution in [1.82, 2.24) is 9.66 Å². The van der Waals surface area contributed by atoms with Gasteiger partial charge >= 0.3 is 0 Å². The predicted molar refractivity (Wildman–Crippen MR) is 97.3 cm³/mol. The van der Waals surface area contributed by atoms with E-state index in [9.17, 15) is 9.59 Å². The van der Waals surface area contributed by atoms with E-state index in [-0.39, 0.29) is 17.4 Å². The molecule has 0 spiro atoms. The number of nitrogens with zero attached hydrogens (tertiary/aromatic N) is 2. The standard InChI is InChI=1S/C18H19N3O3S/c1-11-19-17-15(13(10-25-17)14-8-5-9-24-14)18(23)21(11)20-16(22)12-6-3-2-4-7-12/h5,8-10,12H,2-4,6-7H2,1H3,(H,20,22). The predicted octanol–water partition coefficient (Wildman–Crippen LogP) is 3.68. The van der Waals surface area contributed by atoms with Crippen LogP contribution in [0.2, 0.25) is 0 Å². The van der Waals surface area contributed by atoms with Gasteiger partial charge in [0.2, 0.25) is 5.91 Å². The molecular formula is C18H19N3O3S. The van der Waals surface area contributed by atoms with Gasteiger partial charge in [-0.25, -0.2) is 9.66 Å². The van der Waals surface area contributed by atoms with Gasteiger partial charge in [0.15, 0.2) is 0 Å². The first-order valence-corrected chi connectivity index (χ1v) is 9.38. The third-order valence-corrected chi connectivity index (χ3v) is 5.63. The van der Waals surface area contributed by atoms with E-state index in [1.165, 1.54) is 22.4 Å². The van der Waals surface area contributed by atoms with E-state index >= 15 is 0 Å². The SMILES string of the molecule is Cc1nc2scc(-c3ccco3)c2c(=O)n1NC(=O)C1CCCCC1. The fraction of sp³-hybridized carbons (Fsp3) is 0.389. The van der Waals surface area contributed by atoms with Crippen LogP contribution in [0.3, 0.4) is 0 Å². The van der Waals surface area contributed by atoms with E-state index in [2.05, 4.69) is 10.4 Å². The maximum Gasteiger partial charge on any atom is 0.281 e. The molecule has 1 fully saturated rings. The summed E-state index contributed by atoms with van der Waals surface area (Å²) in [5.41, 5.74) is 3.23. The van der Waals surface area contributed by atoms with Crippen molar-refractivity contribution in [2.75, 3.05) is 5.43 Å². The number of fused-ring (bicyclic) bond motifs is 1. The second-order valence-corrected chi connectivity index (χ2v) is 7.28. The van der Waals surface area contributed by atoms with Gasteiger partial charge < -0.3 is 4.42 Å². The number of aryl methyl sites for hydroxylation is 1. The zero-order valence-corrected chi connectivity index (χ0v) is 14.8. The van der Waals surface area contributed by atoms with Crippen molar-refractivity contribution in [3.63, 3.8) is 0 Å². The first-order chi connectivity index (χ1) is 12.1. The highest BCUT2D eigenvalue weighted by atomic mass is 32.1. The minimum absolute atomic E-state index is 0.0252. The van der Waals surface area contributed by atoms with E-state index < -0.39 is 0 Å². The second-order valence-electron chi connectivity index (χ2n) is 6.42. The van der Waals surface area contributed by atoms with Crippen LogP contribution in [0.1, 0.15) is 37.9 Å². The molecular weight excluding hydrogens is 338 g/mol. The molecule has 1 aliphatic rings. The Morgan fingerprint density at radius 3 is 2.88 bits per heavy atom. The molecule has 4 rings (SSSR count). The normalized spacial score (nSPS) is 15.6. The first kappa shape index (κ1) is 16.1. The number of thiophene rings is 1. The summed E-state index contributed by atoms with van der Waals surface area (Å²) in [6, 6.07) is 3.59. The molecule has 1 saturated carbocycles. The van der Waals surface area contributed by atoms with Gasteiger partial charge in [0.25, 0.3) is 5.56 Å². The summed E-state index contributed by atoms with van der Waals surface area (Å²) in [5, 5.41) is 2.35. The molecule has 7 heteroatoms. The third kappa shape index (κ3) is 2.89. The third-order valence-electron chi connectivity index (χ3n) is 4.76. The van der Waals surface area contributed by atoms with Gasteiger partial charge in [0.05, 0.1) is 11.6 Å². The number of nitrogens with one attached hydrogen (secondary N) is 1. The highest BCUT2D eigenvalue weighted by Gasteiger charge is 2.23. The van der Waals surface area contributed by atoms with Crippen LogP contribution in [-0.2, 0) is 4.79 Å². The van der Waals surface area contributed by atoms with Crippen LogP contribution in [0, 0.1) is 12.8 Å². The van der Waals surface area contributed by atoms with Crippen molar-refractivity contribution in [2.45, 2.75) is 39.0 Å². The number of furan rings is 1. The van der Waals surface area contributed by atoms with Gasteiger partial charge in [-0.15, -0.1) is 11.3 Å². The Kier molecular flexibility index (Phi) is 4.17. The zero-order chi connectivity index (χ0) is 17.4. The van der Waals surface area contributed by atoms with Crippen molar-refractivity contribution >= 4 is 27.5 Å². The van der Waals surface area contributed by atoms with Crippen LogP contribution in [0.5, 0.6) is 0 Å². The van der Waals surface area contributed by atoms with Gasteiger partial charge in [0.1, 0.15) is 16.4 Å². The molecule has 0 bridgehead atoms. The van der Waals surface area contributed by atoms with Crippen molar-refractivity contribution in [3.05, 3.63) is 40.0 Å². The van der Waals surface area contributed by atoms with Gasteiger partial charge in [-0.3, -0.25) is 15.0 Å². The largest absolute Gasteiger partial charge is 0.464 e. The summed E-state index contributed by atoms with van der Waals surface area (Å²) in [6.45, 7) is 1.73. The summed E-state index contributed by atoms with van der Waals surface area (Å²) >= 11 is 1.40. The number of carbonyl (C=O) groups is 1. The van der Waals surface area contributed by atoms with Crippen molar-refractivity contribution in [2.24, 2.45) is 5.92 Å². The zero-order valence-electron chi connectivity index (χ0n) is 13.9. The lowest BCUT2D eigenvalue weighted by atomic mass is 9.89. The monoisotopic (exact) mass is 357 g/mol. The van der Waals surface area contributed by atoms with Crippen LogP contribution in [0.4, 0.5) is 0 Å². The average Bonchev–Trinajstić information content (AvgIpc) is 3.28.